The van der Waals surface area contributed by atoms with E-state index in [1.165, 1.54) is 11.3 Å². The maximum absolute atomic E-state index is 12.8. The van der Waals surface area contributed by atoms with Gasteiger partial charge in [-0.1, -0.05) is 6.92 Å². The highest BCUT2D eigenvalue weighted by Crippen LogP contribution is 2.25. The van der Waals surface area contributed by atoms with Crippen LogP contribution in [0.15, 0.2) is 0 Å². The van der Waals surface area contributed by atoms with Crippen LogP contribution in [0.25, 0.3) is 0 Å². The molecule has 1 aromatic heterocycles. The van der Waals surface area contributed by atoms with Crippen LogP contribution in [0.1, 0.15) is 53.0 Å². The molecule has 3 heterocycles. The van der Waals surface area contributed by atoms with Gasteiger partial charge in [0.25, 0.3) is 5.91 Å². The van der Waals surface area contributed by atoms with Gasteiger partial charge in [-0.25, -0.2) is 4.98 Å². The van der Waals surface area contributed by atoms with Gasteiger partial charge in [0.05, 0.1) is 16.8 Å². The minimum absolute atomic E-state index is 0.157. The van der Waals surface area contributed by atoms with E-state index in [4.69, 9.17) is 0 Å². The van der Waals surface area contributed by atoms with Gasteiger partial charge < -0.3 is 10.0 Å². The fourth-order valence-corrected chi connectivity index (χ4v) is 4.75. The molecule has 0 aliphatic carbocycles. The lowest BCUT2D eigenvalue weighted by Gasteiger charge is -2.41. The molecule has 0 aromatic carbocycles. The molecule has 1 aromatic rings. The predicted octanol–water partition coefficient (Wildman–Crippen LogP) is 2.08. The maximum atomic E-state index is 12.8. The minimum Gasteiger partial charge on any atom is -0.392 e. The molecule has 1 N–H and O–H groups in total. The summed E-state index contributed by atoms with van der Waals surface area (Å²) < 4.78 is 0. The molecule has 2 saturated heterocycles. The van der Waals surface area contributed by atoms with E-state index in [2.05, 4.69) is 16.8 Å². The number of aromatic nitrogens is 1. The first-order valence-corrected chi connectivity index (χ1v) is 9.57. The molecule has 0 spiro atoms. The number of amides is 1. The highest BCUT2D eigenvalue weighted by Gasteiger charge is 2.31. The summed E-state index contributed by atoms with van der Waals surface area (Å²) in [5, 5.41) is 10.8. The van der Waals surface area contributed by atoms with E-state index in [0.29, 0.717) is 6.04 Å². The van der Waals surface area contributed by atoms with Crippen molar-refractivity contribution in [2.75, 3.05) is 26.2 Å². The van der Waals surface area contributed by atoms with Crippen molar-refractivity contribution in [3.8, 4) is 0 Å². The van der Waals surface area contributed by atoms with Gasteiger partial charge in [-0.2, -0.15) is 0 Å². The monoisotopic (exact) mass is 337 g/mol. The van der Waals surface area contributed by atoms with Crippen molar-refractivity contribution in [3.63, 3.8) is 0 Å². The molecular weight excluding hydrogens is 310 g/mol. The first kappa shape index (κ1) is 16.9. The lowest BCUT2D eigenvalue weighted by Crippen LogP contribution is -2.50. The van der Waals surface area contributed by atoms with Crippen LogP contribution < -0.4 is 0 Å². The Morgan fingerprint density at radius 1 is 1.30 bits per heavy atom. The van der Waals surface area contributed by atoms with E-state index in [-0.39, 0.29) is 12.0 Å². The zero-order valence-corrected chi connectivity index (χ0v) is 14.9. The van der Waals surface area contributed by atoms with Crippen molar-refractivity contribution in [2.45, 2.75) is 58.1 Å². The SMILES string of the molecule is CCc1nc(C)sc1C(=O)N1CCC(N2CCCC(O)C2)CC1. The number of hydrogen-bond acceptors (Lipinski definition) is 5. The van der Waals surface area contributed by atoms with Crippen molar-refractivity contribution in [1.29, 1.82) is 0 Å². The number of aliphatic hydroxyl groups excluding tert-OH is 1. The summed E-state index contributed by atoms with van der Waals surface area (Å²) in [5.74, 6) is 0.157. The van der Waals surface area contributed by atoms with Gasteiger partial charge in [-0.3, -0.25) is 9.69 Å². The van der Waals surface area contributed by atoms with E-state index >= 15 is 0 Å². The van der Waals surface area contributed by atoms with Crippen molar-refractivity contribution >= 4 is 17.2 Å². The average molecular weight is 337 g/mol. The van der Waals surface area contributed by atoms with Gasteiger partial charge in [0.2, 0.25) is 0 Å². The van der Waals surface area contributed by atoms with E-state index in [9.17, 15) is 9.90 Å². The molecule has 1 unspecified atom stereocenters. The smallest absolute Gasteiger partial charge is 0.265 e. The molecule has 128 valence electrons. The second kappa shape index (κ2) is 7.28. The Bertz CT molecular complexity index is 552. The lowest BCUT2D eigenvalue weighted by atomic mass is 9.99. The Balaban J connectivity index is 1.59. The molecule has 2 fully saturated rings. The van der Waals surface area contributed by atoms with Gasteiger partial charge in [0.1, 0.15) is 4.88 Å². The van der Waals surface area contributed by atoms with E-state index in [0.717, 1.165) is 73.9 Å². The third-order valence-corrected chi connectivity index (χ3v) is 6.03. The Morgan fingerprint density at radius 3 is 2.70 bits per heavy atom. The van der Waals surface area contributed by atoms with Crippen LogP contribution in [0.2, 0.25) is 0 Å². The molecule has 2 aliphatic rings. The van der Waals surface area contributed by atoms with Crippen LogP contribution in [0.3, 0.4) is 0 Å². The second-order valence-corrected chi connectivity index (χ2v) is 7.88. The normalized spacial score (nSPS) is 24.1. The van der Waals surface area contributed by atoms with E-state index in [1.54, 1.807) is 0 Å². The standard InChI is InChI=1S/C17H27N3O2S/c1-3-15-16(23-12(2)18-15)17(22)19-9-6-13(7-10-19)20-8-4-5-14(21)11-20/h13-14,21H,3-11H2,1-2H3. The number of rotatable bonds is 3. The van der Waals surface area contributed by atoms with Crippen LogP contribution in [-0.2, 0) is 6.42 Å². The van der Waals surface area contributed by atoms with Gasteiger partial charge in [-0.05, 0) is 45.6 Å². The number of aliphatic hydroxyl groups is 1. The van der Waals surface area contributed by atoms with Gasteiger partial charge in [0.15, 0.2) is 0 Å². The summed E-state index contributed by atoms with van der Waals surface area (Å²) in [6.45, 7) is 7.54. The number of piperidine rings is 2. The molecule has 1 amide bonds. The number of hydrogen-bond donors (Lipinski definition) is 1. The fourth-order valence-electron chi connectivity index (χ4n) is 3.77. The zero-order valence-electron chi connectivity index (χ0n) is 14.1. The highest BCUT2D eigenvalue weighted by molar-refractivity contribution is 7.13. The first-order chi connectivity index (χ1) is 11.1. The molecule has 6 heteroatoms. The van der Waals surface area contributed by atoms with Crippen LogP contribution in [0.5, 0.6) is 0 Å². The Hall–Kier alpha value is -0.980. The van der Waals surface area contributed by atoms with Gasteiger partial charge in [0, 0.05) is 25.7 Å². The summed E-state index contributed by atoms with van der Waals surface area (Å²) in [6.07, 6.45) is 4.68. The molecule has 23 heavy (non-hydrogen) atoms. The van der Waals surface area contributed by atoms with Crippen LogP contribution in [0, 0.1) is 6.92 Å². The molecule has 0 bridgehead atoms. The largest absolute Gasteiger partial charge is 0.392 e. The Kier molecular flexibility index (Phi) is 5.34. The van der Waals surface area contributed by atoms with Crippen molar-refractivity contribution in [1.82, 2.24) is 14.8 Å². The maximum Gasteiger partial charge on any atom is 0.265 e. The van der Waals surface area contributed by atoms with Gasteiger partial charge in [-0.15, -0.1) is 11.3 Å². The van der Waals surface area contributed by atoms with Crippen molar-refractivity contribution in [2.24, 2.45) is 0 Å². The predicted molar refractivity (Wildman–Crippen MR) is 92.0 cm³/mol. The number of nitrogens with zero attached hydrogens (tertiary/aromatic N) is 3. The van der Waals surface area contributed by atoms with Crippen molar-refractivity contribution < 1.29 is 9.90 Å². The Labute approximate surface area is 142 Å². The molecule has 5 nitrogen and oxygen atoms in total. The number of likely N-dealkylation sites (tertiary alicyclic amines) is 2. The van der Waals surface area contributed by atoms with Crippen LogP contribution in [0.4, 0.5) is 0 Å². The summed E-state index contributed by atoms with van der Waals surface area (Å²) in [6, 6.07) is 0.517. The molecule has 3 rings (SSSR count). The van der Waals surface area contributed by atoms with E-state index < -0.39 is 0 Å². The van der Waals surface area contributed by atoms with E-state index in [1.807, 2.05) is 11.8 Å². The summed E-state index contributed by atoms with van der Waals surface area (Å²) in [7, 11) is 0. The molecule has 2 aliphatic heterocycles. The quantitative estimate of drug-likeness (QED) is 0.917. The number of thiazole rings is 1. The topological polar surface area (TPSA) is 56.7 Å². The third kappa shape index (κ3) is 3.75. The van der Waals surface area contributed by atoms with Gasteiger partial charge >= 0.3 is 0 Å². The molecule has 0 saturated carbocycles. The summed E-state index contributed by atoms with van der Waals surface area (Å²) in [4.78, 5) is 22.5. The first-order valence-electron chi connectivity index (χ1n) is 8.76. The number of aryl methyl sites for hydroxylation is 2. The number of β-amino-alcohol motifs (C(OH)–C–C–N with tert-alkyl or cyclic N) is 1. The summed E-state index contributed by atoms with van der Waals surface area (Å²) in [5.41, 5.74) is 0.943. The van der Waals surface area contributed by atoms with Crippen LogP contribution >= 0.6 is 11.3 Å². The molecule has 1 atom stereocenters. The zero-order chi connectivity index (χ0) is 16.4. The second-order valence-electron chi connectivity index (χ2n) is 6.68. The van der Waals surface area contributed by atoms with Crippen molar-refractivity contribution in [3.05, 3.63) is 15.6 Å². The minimum atomic E-state index is -0.171. The lowest BCUT2D eigenvalue weighted by molar-refractivity contribution is 0.0241. The average Bonchev–Trinajstić information content (AvgIpc) is 2.95. The number of carbonyl (C=O) groups excluding carboxylic acids is 1. The highest BCUT2D eigenvalue weighted by atomic mass is 32.1. The third-order valence-electron chi connectivity index (χ3n) is 5.03. The number of carbonyl (C=O) groups is 1. The fraction of sp³-hybridized carbons (Fsp3) is 0.765. The molecule has 0 radical (unpaired) electrons. The molecular formula is C17H27N3O2S. The Morgan fingerprint density at radius 2 is 2.04 bits per heavy atom. The van der Waals surface area contributed by atoms with Crippen LogP contribution in [-0.4, -0.2) is 64.1 Å². The summed E-state index contributed by atoms with van der Waals surface area (Å²) >= 11 is 1.52.